The molecule has 2 N–H and O–H groups in total. The first-order valence-electron chi connectivity index (χ1n) is 8.12. The Morgan fingerprint density at radius 3 is 2.54 bits per heavy atom. The lowest BCUT2D eigenvalue weighted by Gasteiger charge is -2.12. The van der Waals surface area contributed by atoms with Gasteiger partial charge >= 0.3 is 0 Å². The predicted molar refractivity (Wildman–Crippen MR) is 105 cm³/mol. The number of anilines is 1. The first kappa shape index (κ1) is 16.4. The van der Waals surface area contributed by atoms with Gasteiger partial charge in [-0.2, -0.15) is 9.61 Å². The van der Waals surface area contributed by atoms with Gasteiger partial charge in [0.1, 0.15) is 11.6 Å². The largest absolute Gasteiger partial charge is 0.497 e. The Hall–Kier alpha value is -3.05. The Morgan fingerprint density at radius 1 is 1.08 bits per heavy atom. The first-order chi connectivity index (χ1) is 12.6. The fraction of sp³-hybridized carbons (Fsp3) is 0.100. The van der Waals surface area contributed by atoms with Gasteiger partial charge in [0.05, 0.1) is 19.0 Å². The molecule has 4 aromatic rings. The van der Waals surface area contributed by atoms with E-state index >= 15 is 0 Å². The molecule has 0 atom stereocenters. The molecular weight excluding hydrogens is 348 g/mol. The van der Waals surface area contributed by atoms with Crippen LogP contribution in [0.5, 0.6) is 5.75 Å². The van der Waals surface area contributed by atoms with Crippen LogP contribution in [-0.2, 0) is 0 Å². The number of fused-ring (bicyclic) bond motifs is 1. The standard InChI is InChI=1S/C20H17ClN4O/c1-12-18(14-4-3-5-15(21)10-14)19(22)25-20(24-12)17(11-23-25)13-6-8-16(26-2)9-7-13/h3-11H,22H2,1-2H3. The second-order valence-corrected chi connectivity index (χ2v) is 6.43. The molecule has 26 heavy (non-hydrogen) atoms. The van der Waals surface area contributed by atoms with E-state index in [0.29, 0.717) is 10.8 Å². The summed E-state index contributed by atoms with van der Waals surface area (Å²) < 4.78 is 6.89. The van der Waals surface area contributed by atoms with Gasteiger partial charge < -0.3 is 10.5 Å². The third-order valence-electron chi connectivity index (χ3n) is 4.38. The summed E-state index contributed by atoms with van der Waals surface area (Å²) in [6.45, 7) is 1.94. The van der Waals surface area contributed by atoms with Gasteiger partial charge in [-0.05, 0) is 42.3 Å². The van der Waals surface area contributed by atoms with Gasteiger partial charge in [0, 0.05) is 16.1 Å². The third-order valence-corrected chi connectivity index (χ3v) is 4.61. The second-order valence-electron chi connectivity index (χ2n) is 5.99. The molecular formula is C20H17ClN4O. The molecule has 0 aliphatic carbocycles. The van der Waals surface area contributed by atoms with Gasteiger partial charge in [0.15, 0.2) is 5.65 Å². The molecule has 0 spiro atoms. The van der Waals surface area contributed by atoms with Crippen LogP contribution in [-0.4, -0.2) is 21.7 Å². The van der Waals surface area contributed by atoms with Crippen LogP contribution in [0.25, 0.3) is 27.9 Å². The molecule has 0 saturated heterocycles. The van der Waals surface area contributed by atoms with Crippen LogP contribution in [0, 0.1) is 6.92 Å². The number of nitrogens with two attached hydrogens (primary N) is 1. The van der Waals surface area contributed by atoms with Crippen LogP contribution in [0.1, 0.15) is 5.69 Å². The lowest BCUT2D eigenvalue weighted by Crippen LogP contribution is -2.05. The van der Waals surface area contributed by atoms with Crippen LogP contribution in [0.2, 0.25) is 5.02 Å². The zero-order valence-corrected chi connectivity index (χ0v) is 15.2. The molecule has 0 saturated carbocycles. The van der Waals surface area contributed by atoms with Crippen molar-refractivity contribution < 1.29 is 4.74 Å². The summed E-state index contributed by atoms with van der Waals surface area (Å²) in [6, 6.07) is 15.4. The molecule has 0 aliphatic heterocycles. The van der Waals surface area contributed by atoms with Gasteiger partial charge in [0.2, 0.25) is 0 Å². The van der Waals surface area contributed by atoms with E-state index < -0.39 is 0 Å². The Bertz CT molecular complexity index is 1100. The van der Waals surface area contributed by atoms with Gasteiger partial charge in [-0.15, -0.1) is 0 Å². The monoisotopic (exact) mass is 364 g/mol. The summed E-state index contributed by atoms with van der Waals surface area (Å²) in [7, 11) is 1.65. The lowest BCUT2D eigenvalue weighted by molar-refractivity contribution is 0.415. The zero-order chi connectivity index (χ0) is 18.3. The number of hydrogen-bond acceptors (Lipinski definition) is 4. The number of aryl methyl sites for hydroxylation is 1. The number of hydrogen-bond donors (Lipinski definition) is 1. The number of methoxy groups -OCH3 is 1. The van der Waals surface area contributed by atoms with E-state index in [1.165, 1.54) is 0 Å². The number of nitrogens with zero attached hydrogens (tertiary/aromatic N) is 3. The van der Waals surface area contributed by atoms with Crippen molar-refractivity contribution in [3.8, 4) is 28.0 Å². The molecule has 130 valence electrons. The van der Waals surface area contributed by atoms with E-state index in [-0.39, 0.29) is 0 Å². The Labute approximate surface area is 156 Å². The average Bonchev–Trinajstić information content (AvgIpc) is 3.06. The SMILES string of the molecule is COc1ccc(-c2cnn3c(N)c(-c4cccc(Cl)c4)c(C)nc23)cc1. The molecule has 6 heteroatoms. The molecule has 0 radical (unpaired) electrons. The minimum absolute atomic E-state index is 0.537. The molecule has 2 aromatic carbocycles. The topological polar surface area (TPSA) is 65.4 Å². The average molecular weight is 365 g/mol. The summed E-state index contributed by atoms with van der Waals surface area (Å²) in [5.74, 6) is 1.34. The van der Waals surface area contributed by atoms with E-state index in [1.807, 2.05) is 55.5 Å². The van der Waals surface area contributed by atoms with Crippen LogP contribution in [0.4, 0.5) is 5.82 Å². The maximum absolute atomic E-state index is 6.44. The first-order valence-corrected chi connectivity index (χ1v) is 8.50. The van der Waals surface area contributed by atoms with Crippen LogP contribution in [0.3, 0.4) is 0 Å². The molecule has 0 amide bonds. The maximum Gasteiger partial charge on any atom is 0.165 e. The number of halogens is 1. The van der Waals surface area contributed by atoms with Crippen molar-refractivity contribution in [2.24, 2.45) is 0 Å². The van der Waals surface area contributed by atoms with E-state index in [0.717, 1.165) is 39.3 Å². The van der Waals surface area contributed by atoms with Crippen LogP contribution >= 0.6 is 11.6 Å². The number of aromatic nitrogens is 3. The normalized spacial score (nSPS) is 11.0. The van der Waals surface area contributed by atoms with Crippen LogP contribution < -0.4 is 10.5 Å². The summed E-state index contributed by atoms with van der Waals surface area (Å²) >= 11 is 6.13. The number of ether oxygens (including phenoxy) is 1. The van der Waals surface area contributed by atoms with Gasteiger partial charge in [-0.3, -0.25) is 0 Å². The number of rotatable bonds is 3. The highest BCUT2D eigenvalue weighted by molar-refractivity contribution is 6.30. The minimum Gasteiger partial charge on any atom is -0.497 e. The van der Waals surface area contributed by atoms with E-state index in [1.54, 1.807) is 17.8 Å². The highest BCUT2D eigenvalue weighted by Gasteiger charge is 2.17. The van der Waals surface area contributed by atoms with Crippen molar-refractivity contribution in [3.63, 3.8) is 0 Å². The van der Waals surface area contributed by atoms with E-state index in [4.69, 9.17) is 27.1 Å². The Kier molecular flexibility index (Phi) is 4.01. The molecule has 2 aromatic heterocycles. The van der Waals surface area contributed by atoms with Crippen molar-refractivity contribution in [1.82, 2.24) is 14.6 Å². The third kappa shape index (κ3) is 2.66. The fourth-order valence-electron chi connectivity index (χ4n) is 3.11. The Morgan fingerprint density at radius 2 is 1.85 bits per heavy atom. The summed E-state index contributed by atoms with van der Waals surface area (Å²) in [5.41, 5.74) is 11.7. The summed E-state index contributed by atoms with van der Waals surface area (Å²) in [6.07, 6.45) is 1.78. The quantitative estimate of drug-likeness (QED) is 0.576. The molecule has 0 fully saturated rings. The van der Waals surface area contributed by atoms with Gasteiger partial charge in [-0.1, -0.05) is 35.9 Å². The maximum atomic E-state index is 6.44. The minimum atomic E-state index is 0.537. The number of nitrogen functional groups attached to an aromatic ring is 1. The van der Waals surface area contributed by atoms with Crippen LogP contribution in [0.15, 0.2) is 54.7 Å². The highest BCUT2D eigenvalue weighted by Crippen LogP contribution is 2.33. The second kappa shape index (κ2) is 6.35. The zero-order valence-electron chi connectivity index (χ0n) is 14.4. The molecule has 0 unspecified atom stereocenters. The van der Waals surface area contributed by atoms with Crippen molar-refractivity contribution in [3.05, 3.63) is 65.4 Å². The highest BCUT2D eigenvalue weighted by atomic mass is 35.5. The summed E-state index contributed by atoms with van der Waals surface area (Å²) in [4.78, 5) is 4.77. The molecule has 0 bridgehead atoms. The van der Waals surface area contributed by atoms with Crippen molar-refractivity contribution in [1.29, 1.82) is 0 Å². The van der Waals surface area contributed by atoms with E-state index in [9.17, 15) is 0 Å². The molecule has 4 rings (SSSR count). The molecule has 5 nitrogen and oxygen atoms in total. The van der Waals surface area contributed by atoms with Crippen molar-refractivity contribution in [2.45, 2.75) is 6.92 Å². The fourth-order valence-corrected chi connectivity index (χ4v) is 3.30. The smallest absolute Gasteiger partial charge is 0.165 e. The van der Waals surface area contributed by atoms with Crippen molar-refractivity contribution >= 4 is 23.1 Å². The molecule has 0 aliphatic rings. The van der Waals surface area contributed by atoms with Gasteiger partial charge in [0.25, 0.3) is 0 Å². The number of benzene rings is 2. The van der Waals surface area contributed by atoms with Gasteiger partial charge in [-0.25, -0.2) is 4.98 Å². The van der Waals surface area contributed by atoms with E-state index in [2.05, 4.69) is 5.10 Å². The molecule has 2 heterocycles. The Balaban J connectivity index is 1.90. The van der Waals surface area contributed by atoms with Crippen molar-refractivity contribution in [2.75, 3.05) is 12.8 Å². The summed E-state index contributed by atoms with van der Waals surface area (Å²) in [5, 5.41) is 5.11. The predicted octanol–water partition coefficient (Wildman–Crippen LogP) is 4.62. The lowest BCUT2D eigenvalue weighted by atomic mass is 10.0.